The summed E-state index contributed by atoms with van der Waals surface area (Å²) < 4.78 is 5.05. The van der Waals surface area contributed by atoms with Crippen molar-refractivity contribution in [1.82, 2.24) is 14.8 Å². The van der Waals surface area contributed by atoms with E-state index in [9.17, 15) is 9.59 Å². The second kappa shape index (κ2) is 8.37. The Bertz CT molecular complexity index is 908. The zero-order valence-corrected chi connectivity index (χ0v) is 17.1. The molecule has 2 fully saturated rings. The lowest BCUT2D eigenvalue weighted by molar-refractivity contribution is -0.136. The van der Waals surface area contributed by atoms with Crippen molar-refractivity contribution in [3.05, 3.63) is 35.9 Å². The monoisotopic (exact) mass is 396 g/mol. The molecule has 0 radical (unpaired) electrons. The number of ether oxygens (including phenoxy) is 1. The van der Waals surface area contributed by atoms with Gasteiger partial charge in [-0.15, -0.1) is 0 Å². The summed E-state index contributed by atoms with van der Waals surface area (Å²) >= 11 is 0. The highest BCUT2D eigenvalue weighted by Gasteiger charge is 2.37. The van der Waals surface area contributed by atoms with Gasteiger partial charge in [0.2, 0.25) is 11.8 Å². The quantitative estimate of drug-likeness (QED) is 0.770. The number of pyridine rings is 1. The number of carbonyl (C=O) groups excluding carboxylic acids is 2. The van der Waals surface area contributed by atoms with Crippen LogP contribution in [0, 0.1) is 12.8 Å². The molecule has 2 aliphatic rings. The predicted octanol–water partition coefficient (Wildman–Crippen LogP) is 1.69. The zero-order valence-electron chi connectivity index (χ0n) is 17.1. The van der Waals surface area contributed by atoms with Gasteiger partial charge in [0.1, 0.15) is 5.82 Å². The van der Waals surface area contributed by atoms with E-state index in [0.717, 1.165) is 24.4 Å². The normalized spacial score (nSPS) is 20.0. The number of aryl methyl sites for hydroxylation is 1. The van der Waals surface area contributed by atoms with Crippen LogP contribution in [-0.4, -0.2) is 79.6 Å². The second-order valence-electron chi connectivity index (χ2n) is 7.86. The molecule has 2 aliphatic heterocycles. The van der Waals surface area contributed by atoms with Crippen LogP contribution < -0.4 is 4.90 Å². The molecule has 4 rings (SSSR count). The van der Waals surface area contributed by atoms with Gasteiger partial charge in [0.25, 0.3) is 0 Å². The number of hydrogen-bond donors (Lipinski definition) is 0. The first-order chi connectivity index (χ1) is 14.1. The van der Waals surface area contributed by atoms with Gasteiger partial charge in [0.05, 0.1) is 18.0 Å². The zero-order chi connectivity index (χ0) is 20.4. The minimum absolute atomic E-state index is 0.0508. The van der Waals surface area contributed by atoms with E-state index in [-0.39, 0.29) is 17.7 Å². The summed E-state index contributed by atoms with van der Waals surface area (Å²) in [5, 5.41) is 1.17. The Morgan fingerprint density at radius 1 is 1.21 bits per heavy atom. The molecule has 0 bridgehead atoms. The first-order valence-corrected chi connectivity index (χ1v) is 10.2. The third-order valence-electron chi connectivity index (χ3n) is 5.95. The molecule has 0 N–H and O–H groups in total. The Morgan fingerprint density at radius 3 is 2.72 bits per heavy atom. The lowest BCUT2D eigenvalue weighted by atomic mass is 10.1. The summed E-state index contributed by atoms with van der Waals surface area (Å²) in [7, 11) is 1.62. The molecule has 0 aliphatic carbocycles. The Hall–Kier alpha value is -2.67. The van der Waals surface area contributed by atoms with Crippen molar-refractivity contribution in [3.63, 3.8) is 0 Å². The maximum Gasteiger partial charge on any atom is 0.228 e. The van der Waals surface area contributed by atoms with Crippen molar-refractivity contribution in [2.75, 3.05) is 57.9 Å². The molecular formula is C22H28N4O3. The number of para-hydroxylation sites is 1. The molecule has 0 saturated carbocycles. The molecule has 7 heteroatoms. The molecule has 2 saturated heterocycles. The van der Waals surface area contributed by atoms with Gasteiger partial charge in [-0.2, -0.15) is 0 Å². The summed E-state index contributed by atoms with van der Waals surface area (Å²) in [6.45, 7) is 6.51. The van der Waals surface area contributed by atoms with Crippen molar-refractivity contribution < 1.29 is 14.3 Å². The molecule has 3 heterocycles. The number of aromatic nitrogens is 1. The molecule has 0 spiro atoms. The van der Waals surface area contributed by atoms with Crippen LogP contribution in [0.1, 0.15) is 12.0 Å². The van der Waals surface area contributed by atoms with Crippen molar-refractivity contribution >= 4 is 28.5 Å². The van der Waals surface area contributed by atoms with Crippen LogP contribution in [0.5, 0.6) is 0 Å². The summed E-state index contributed by atoms with van der Waals surface area (Å²) in [5.41, 5.74) is 2.21. The molecule has 1 atom stereocenters. The Labute approximate surface area is 171 Å². The van der Waals surface area contributed by atoms with Crippen LogP contribution in [0.4, 0.5) is 5.82 Å². The maximum atomic E-state index is 12.9. The van der Waals surface area contributed by atoms with E-state index in [1.165, 1.54) is 10.9 Å². The van der Waals surface area contributed by atoms with Crippen LogP contribution in [0.2, 0.25) is 0 Å². The summed E-state index contributed by atoms with van der Waals surface area (Å²) in [6, 6.07) is 10.3. The van der Waals surface area contributed by atoms with Gasteiger partial charge >= 0.3 is 0 Å². The van der Waals surface area contributed by atoms with Crippen LogP contribution >= 0.6 is 0 Å². The Morgan fingerprint density at radius 2 is 1.97 bits per heavy atom. The first kappa shape index (κ1) is 19.6. The predicted molar refractivity (Wildman–Crippen MR) is 112 cm³/mol. The summed E-state index contributed by atoms with van der Waals surface area (Å²) in [6.07, 6.45) is 0.314. The SMILES string of the molecule is COCCN1CC(C(=O)N2CCN(c3cc(C)c4ccccc4n3)CC2)CC1=O. The number of hydrogen-bond acceptors (Lipinski definition) is 5. The largest absolute Gasteiger partial charge is 0.383 e. The van der Waals surface area contributed by atoms with Crippen molar-refractivity contribution in [3.8, 4) is 0 Å². The van der Waals surface area contributed by atoms with Gasteiger partial charge in [-0.25, -0.2) is 4.98 Å². The van der Waals surface area contributed by atoms with Crippen LogP contribution in [-0.2, 0) is 14.3 Å². The molecule has 29 heavy (non-hydrogen) atoms. The maximum absolute atomic E-state index is 12.9. The smallest absolute Gasteiger partial charge is 0.228 e. The lowest BCUT2D eigenvalue weighted by Crippen LogP contribution is -2.51. The van der Waals surface area contributed by atoms with Gasteiger partial charge < -0.3 is 19.4 Å². The van der Waals surface area contributed by atoms with E-state index in [1.807, 2.05) is 23.1 Å². The fraction of sp³-hybridized carbons (Fsp3) is 0.500. The molecule has 1 aromatic carbocycles. The van der Waals surface area contributed by atoms with E-state index in [1.54, 1.807) is 12.0 Å². The fourth-order valence-corrected chi connectivity index (χ4v) is 4.26. The van der Waals surface area contributed by atoms with Gasteiger partial charge in [-0.1, -0.05) is 18.2 Å². The van der Waals surface area contributed by atoms with Gasteiger partial charge in [0.15, 0.2) is 0 Å². The molecule has 7 nitrogen and oxygen atoms in total. The minimum atomic E-state index is -0.230. The van der Waals surface area contributed by atoms with Crippen molar-refractivity contribution in [2.24, 2.45) is 5.92 Å². The lowest BCUT2D eigenvalue weighted by Gasteiger charge is -2.36. The molecule has 2 amide bonds. The number of carbonyl (C=O) groups is 2. The average molecular weight is 396 g/mol. The van der Waals surface area contributed by atoms with E-state index in [4.69, 9.17) is 9.72 Å². The number of rotatable bonds is 5. The number of amides is 2. The minimum Gasteiger partial charge on any atom is -0.383 e. The van der Waals surface area contributed by atoms with Crippen LogP contribution in [0.25, 0.3) is 10.9 Å². The number of methoxy groups -OCH3 is 1. The topological polar surface area (TPSA) is 66.0 Å². The number of anilines is 1. The summed E-state index contributed by atoms with van der Waals surface area (Å²) in [5.74, 6) is 0.887. The van der Waals surface area contributed by atoms with Gasteiger partial charge in [-0.3, -0.25) is 9.59 Å². The highest BCUT2D eigenvalue weighted by molar-refractivity contribution is 5.89. The number of benzene rings is 1. The van der Waals surface area contributed by atoms with Crippen LogP contribution in [0.15, 0.2) is 30.3 Å². The third kappa shape index (κ3) is 4.05. The summed E-state index contributed by atoms with van der Waals surface area (Å²) in [4.78, 5) is 35.8. The number of fused-ring (bicyclic) bond motifs is 1. The molecule has 154 valence electrons. The third-order valence-corrected chi connectivity index (χ3v) is 5.95. The number of piperazine rings is 1. The van der Waals surface area contributed by atoms with Gasteiger partial charge in [-0.05, 0) is 24.6 Å². The molecule has 1 unspecified atom stereocenters. The molecule has 1 aromatic heterocycles. The first-order valence-electron chi connectivity index (χ1n) is 10.2. The highest BCUT2D eigenvalue weighted by Crippen LogP contribution is 2.25. The van der Waals surface area contributed by atoms with E-state index in [0.29, 0.717) is 39.2 Å². The Kier molecular flexibility index (Phi) is 5.67. The second-order valence-corrected chi connectivity index (χ2v) is 7.86. The van der Waals surface area contributed by atoms with E-state index >= 15 is 0 Å². The fourth-order valence-electron chi connectivity index (χ4n) is 4.26. The number of likely N-dealkylation sites (tertiary alicyclic amines) is 1. The van der Waals surface area contributed by atoms with E-state index in [2.05, 4.69) is 24.0 Å². The van der Waals surface area contributed by atoms with Crippen molar-refractivity contribution in [1.29, 1.82) is 0 Å². The van der Waals surface area contributed by atoms with Crippen molar-refractivity contribution in [2.45, 2.75) is 13.3 Å². The molecule has 2 aromatic rings. The van der Waals surface area contributed by atoms with Gasteiger partial charge in [0, 0.05) is 58.2 Å². The highest BCUT2D eigenvalue weighted by atomic mass is 16.5. The Balaban J connectivity index is 1.37. The average Bonchev–Trinajstić information content (AvgIpc) is 3.12. The standard InChI is InChI=1S/C22H28N4O3/c1-16-13-20(23-19-6-4-3-5-18(16)19)24-7-9-25(10-8-24)22(28)17-14-21(27)26(15-17)11-12-29-2/h3-6,13,17H,7-12,14-15H2,1-2H3. The number of nitrogens with zero attached hydrogens (tertiary/aromatic N) is 4. The van der Waals surface area contributed by atoms with Crippen LogP contribution in [0.3, 0.4) is 0 Å². The molecular weight excluding hydrogens is 368 g/mol. The van der Waals surface area contributed by atoms with E-state index < -0.39 is 0 Å².